The zero-order chi connectivity index (χ0) is 15.9. The van der Waals surface area contributed by atoms with Gasteiger partial charge >= 0.3 is 0 Å². The van der Waals surface area contributed by atoms with Gasteiger partial charge in [0, 0.05) is 36.3 Å². The van der Waals surface area contributed by atoms with E-state index in [1.54, 1.807) is 29.7 Å². The third-order valence-corrected chi connectivity index (χ3v) is 6.04. The summed E-state index contributed by atoms with van der Waals surface area (Å²) in [5, 5.41) is 7.86. The third kappa shape index (κ3) is 7.06. The number of aryl methyl sites for hydroxylation is 2. The molecule has 4 nitrogen and oxygen atoms in total. The molecule has 2 rings (SSSR count). The molecule has 0 aliphatic carbocycles. The van der Waals surface area contributed by atoms with Crippen LogP contribution in [-0.4, -0.2) is 31.1 Å². The van der Waals surface area contributed by atoms with Gasteiger partial charge in [-0.1, -0.05) is 0 Å². The Morgan fingerprint density at radius 1 is 1.17 bits per heavy atom. The van der Waals surface area contributed by atoms with E-state index in [2.05, 4.69) is 62.5 Å². The van der Waals surface area contributed by atoms with Crippen molar-refractivity contribution >= 4 is 68.5 Å². The van der Waals surface area contributed by atoms with Crippen LogP contribution in [0, 0.1) is 13.8 Å². The van der Waals surface area contributed by atoms with E-state index in [-0.39, 0.29) is 24.0 Å². The second-order valence-corrected chi connectivity index (χ2v) is 8.72. The van der Waals surface area contributed by atoms with Crippen molar-refractivity contribution in [2.24, 2.45) is 4.99 Å². The van der Waals surface area contributed by atoms with E-state index in [4.69, 9.17) is 0 Å². The van der Waals surface area contributed by atoms with E-state index < -0.39 is 0 Å². The van der Waals surface area contributed by atoms with Crippen LogP contribution >= 0.6 is 62.6 Å². The Labute approximate surface area is 171 Å². The quantitative estimate of drug-likeness (QED) is 0.336. The molecule has 0 unspecified atom stereocenters. The first kappa shape index (κ1) is 20.9. The standard InChI is InChI=1S/C15H21BrN4S2.HI/c1-10-11(2)21-14(20-10)7-9-19-15(17-3)18-8-6-12-4-5-13(16)22-12;/h4-5H,6-9H2,1-3H3,(H2,17,18,19);1H. The number of thiazole rings is 1. The molecule has 0 fully saturated rings. The Kier molecular flexibility index (Phi) is 9.64. The van der Waals surface area contributed by atoms with Crippen molar-refractivity contribution in [1.82, 2.24) is 15.6 Å². The van der Waals surface area contributed by atoms with E-state index in [9.17, 15) is 0 Å². The maximum absolute atomic E-state index is 4.55. The molecule has 0 spiro atoms. The number of halogens is 2. The molecule has 0 radical (unpaired) electrons. The summed E-state index contributed by atoms with van der Waals surface area (Å²) in [6.45, 7) is 5.90. The van der Waals surface area contributed by atoms with Gasteiger partial charge in [-0.15, -0.1) is 46.7 Å². The molecular formula is C15H22BrIN4S2. The highest BCUT2D eigenvalue weighted by Crippen LogP contribution is 2.22. The number of aromatic nitrogens is 1. The Balaban J connectivity index is 0.00000264. The van der Waals surface area contributed by atoms with Crippen molar-refractivity contribution in [3.8, 4) is 0 Å². The van der Waals surface area contributed by atoms with Crippen LogP contribution in [0.15, 0.2) is 20.9 Å². The Morgan fingerprint density at radius 3 is 2.39 bits per heavy atom. The lowest BCUT2D eigenvalue weighted by atomic mass is 10.3. The normalized spacial score (nSPS) is 11.2. The first-order valence-electron chi connectivity index (χ1n) is 7.20. The minimum atomic E-state index is 0. The van der Waals surface area contributed by atoms with Gasteiger partial charge in [0.1, 0.15) is 0 Å². The minimum absolute atomic E-state index is 0. The van der Waals surface area contributed by atoms with Crippen LogP contribution in [-0.2, 0) is 12.8 Å². The van der Waals surface area contributed by atoms with Crippen LogP contribution in [0.1, 0.15) is 20.5 Å². The van der Waals surface area contributed by atoms with E-state index in [1.165, 1.54) is 18.5 Å². The summed E-state index contributed by atoms with van der Waals surface area (Å²) in [5.41, 5.74) is 1.14. The van der Waals surface area contributed by atoms with E-state index in [0.717, 1.165) is 37.6 Å². The number of hydrogen-bond donors (Lipinski definition) is 2. The number of rotatable bonds is 6. The highest BCUT2D eigenvalue weighted by atomic mass is 127. The van der Waals surface area contributed by atoms with Gasteiger partial charge in [-0.2, -0.15) is 0 Å². The van der Waals surface area contributed by atoms with E-state index >= 15 is 0 Å². The van der Waals surface area contributed by atoms with E-state index in [1.807, 2.05) is 0 Å². The Hall–Kier alpha value is -0.190. The van der Waals surface area contributed by atoms with Crippen molar-refractivity contribution in [3.05, 3.63) is 36.4 Å². The zero-order valence-electron chi connectivity index (χ0n) is 13.5. The van der Waals surface area contributed by atoms with Gasteiger partial charge in [-0.25, -0.2) is 4.98 Å². The average Bonchev–Trinajstić information content (AvgIpc) is 3.03. The lowest BCUT2D eigenvalue weighted by Crippen LogP contribution is -2.39. The summed E-state index contributed by atoms with van der Waals surface area (Å²) in [6, 6.07) is 4.24. The molecule has 0 bridgehead atoms. The Bertz CT molecular complexity index is 620. The minimum Gasteiger partial charge on any atom is -0.356 e. The number of hydrogen-bond acceptors (Lipinski definition) is 4. The third-order valence-electron chi connectivity index (χ3n) is 3.22. The van der Waals surface area contributed by atoms with Gasteiger partial charge in [-0.3, -0.25) is 4.99 Å². The molecule has 0 saturated heterocycles. The number of nitrogens with zero attached hydrogens (tertiary/aromatic N) is 2. The molecule has 2 N–H and O–H groups in total. The number of guanidine groups is 1. The summed E-state index contributed by atoms with van der Waals surface area (Å²) in [6.07, 6.45) is 1.93. The first-order valence-corrected chi connectivity index (χ1v) is 9.62. The molecule has 0 aromatic carbocycles. The van der Waals surface area contributed by atoms with Crippen molar-refractivity contribution in [2.75, 3.05) is 20.1 Å². The van der Waals surface area contributed by atoms with Crippen LogP contribution in [0.25, 0.3) is 0 Å². The molecule has 23 heavy (non-hydrogen) atoms. The molecule has 0 aliphatic heterocycles. The first-order chi connectivity index (χ1) is 10.6. The van der Waals surface area contributed by atoms with Gasteiger partial charge in [0.2, 0.25) is 0 Å². The molecular weight excluding hydrogens is 507 g/mol. The predicted octanol–water partition coefficient (Wildman–Crippen LogP) is 4.15. The second kappa shape index (κ2) is 10.6. The van der Waals surface area contributed by atoms with Gasteiger partial charge < -0.3 is 10.6 Å². The van der Waals surface area contributed by atoms with Crippen molar-refractivity contribution in [1.29, 1.82) is 0 Å². The fourth-order valence-electron chi connectivity index (χ4n) is 1.94. The summed E-state index contributed by atoms with van der Waals surface area (Å²) >= 11 is 7.04. The topological polar surface area (TPSA) is 49.3 Å². The van der Waals surface area contributed by atoms with Gasteiger partial charge in [0.05, 0.1) is 14.5 Å². The molecule has 0 saturated carbocycles. The molecule has 0 amide bonds. The van der Waals surface area contributed by atoms with E-state index in [0.29, 0.717) is 0 Å². The molecule has 2 heterocycles. The molecule has 2 aromatic rings. The molecule has 128 valence electrons. The SMILES string of the molecule is CN=C(NCCc1ccc(Br)s1)NCCc1nc(C)c(C)s1.I. The fourth-order valence-corrected chi connectivity index (χ4v) is 4.36. The van der Waals surface area contributed by atoms with Crippen LogP contribution in [0.5, 0.6) is 0 Å². The smallest absolute Gasteiger partial charge is 0.191 e. The second-order valence-electron chi connectivity index (χ2n) is 4.88. The molecule has 2 aromatic heterocycles. The summed E-state index contributed by atoms with van der Waals surface area (Å²) in [4.78, 5) is 11.5. The largest absolute Gasteiger partial charge is 0.356 e. The predicted molar refractivity (Wildman–Crippen MR) is 116 cm³/mol. The number of nitrogens with one attached hydrogen (secondary N) is 2. The average molecular weight is 529 g/mol. The summed E-state index contributed by atoms with van der Waals surface area (Å²) in [7, 11) is 1.80. The van der Waals surface area contributed by atoms with Crippen molar-refractivity contribution < 1.29 is 0 Å². The van der Waals surface area contributed by atoms with Crippen molar-refractivity contribution in [2.45, 2.75) is 26.7 Å². The van der Waals surface area contributed by atoms with Gasteiger partial charge in [0.15, 0.2) is 5.96 Å². The summed E-state index contributed by atoms with van der Waals surface area (Å²) in [5.74, 6) is 0.848. The molecule has 0 atom stereocenters. The molecule has 8 heteroatoms. The van der Waals surface area contributed by atoms with Crippen LogP contribution in [0.4, 0.5) is 0 Å². The lowest BCUT2D eigenvalue weighted by molar-refractivity contribution is 0.784. The lowest BCUT2D eigenvalue weighted by Gasteiger charge is -2.10. The monoisotopic (exact) mass is 528 g/mol. The Morgan fingerprint density at radius 2 is 1.87 bits per heavy atom. The van der Waals surface area contributed by atoms with Gasteiger partial charge in [-0.05, 0) is 48.3 Å². The van der Waals surface area contributed by atoms with Crippen LogP contribution < -0.4 is 10.6 Å². The number of aliphatic imine (C=N–C) groups is 1. The van der Waals surface area contributed by atoms with Crippen LogP contribution in [0.2, 0.25) is 0 Å². The van der Waals surface area contributed by atoms with Crippen molar-refractivity contribution in [3.63, 3.8) is 0 Å². The summed E-state index contributed by atoms with van der Waals surface area (Å²) < 4.78 is 1.18. The maximum Gasteiger partial charge on any atom is 0.191 e. The zero-order valence-corrected chi connectivity index (χ0v) is 19.0. The highest BCUT2D eigenvalue weighted by Gasteiger charge is 2.04. The molecule has 0 aliphatic rings. The maximum atomic E-state index is 4.55. The number of thiophene rings is 1. The highest BCUT2D eigenvalue weighted by molar-refractivity contribution is 14.0. The van der Waals surface area contributed by atoms with Gasteiger partial charge in [0.25, 0.3) is 0 Å². The van der Waals surface area contributed by atoms with Crippen LogP contribution in [0.3, 0.4) is 0 Å². The fraction of sp³-hybridized carbons (Fsp3) is 0.467.